The number of fused-ring (bicyclic) bond motifs is 1. The maximum atomic E-state index is 13.6. The SMILES string of the molecule is NCC(=O)N1CCCNc2c(F)cc(F)cc21. The highest BCUT2D eigenvalue weighted by atomic mass is 19.1. The second-order valence-corrected chi connectivity index (χ2v) is 3.81. The molecule has 1 heterocycles. The Labute approximate surface area is 97.4 Å². The predicted octanol–water partition coefficient (Wildman–Crippen LogP) is 1.07. The second-order valence-electron chi connectivity index (χ2n) is 3.81. The number of carbonyl (C=O) groups excluding carboxylic acids is 1. The van der Waals surface area contributed by atoms with Crippen LogP contribution in [-0.2, 0) is 4.79 Å². The molecule has 0 saturated heterocycles. The third kappa shape index (κ3) is 2.21. The van der Waals surface area contributed by atoms with Crippen LogP contribution in [0.3, 0.4) is 0 Å². The summed E-state index contributed by atoms with van der Waals surface area (Å²) in [7, 11) is 0. The maximum Gasteiger partial charge on any atom is 0.240 e. The van der Waals surface area contributed by atoms with Crippen LogP contribution in [0.1, 0.15) is 6.42 Å². The van der Waals surface area contributed by atoms with Gasteiger partial charge in [0.2, 0.25) is 5.91 Å². The average molecular weight is 241 g/mol. The van der Waals surface area contributed by atoms with Gasteiger partial charge in [0.05, 0.1) is 17.9 Å². The minimum atomic E-state index is -0.709. The Bertz CT molecular complexity index is 451. The van der Waals surface area contributed by atoms with E-state index in [0.29, 0.717) is 19.5 Å². The van der Waals surface area contributed by atoms with Crippen LogP contribution in [0.2, 0.25) is 0 Å². The quantitative estimate of drug-likeness (QED) is 0.773. The summed E-state index contributed by atoms with van der Waals surface area (Å²) in [6, 6.07) is 1.94. The third-order valence-corrected chi connectivity index (χ3v) is 2.66. The molecule has 4 nitrogen and oxygen atoms in total. The summed E-state index contributed by atoms with van der Waals surface area (Å²) in [6.07, 6.45) is 0.654. The number of carbonyl (C=O) groups is 1. The summed E-state index contributed by atoms with van der Waals surface area (Å²) in [5.41, 5.74) is 5.66. The summed E-state index contributed by atoms with van der Waals surface area (Å²) >= 11 is 0. The van der Waals surface area contributed by atoms with Gasteiger partial charge >= 0.3 is 0 Å². The predicted molar refractivity (Wildman–Crippen MR) is 60.9 cm³/mol. The van der Waals surface area contributed by atoms with Crippen LogP contribution >= 0.6 is 0 Å². The molecule has 2 rings (SSSR count). The molecule has 1 aliphatic heterocycles. The molecule has 0 aromatic heterocycles. The topological polar surface area (TPSA) is 58.4 Å². The average Bonchev–Trinajstić information content (AvgIpc) is 2.50. The van der Waals surface area contributed by atoms with Gasteiger partial charge in [0.1, 0.15) is 5.82 Å². The minimum Gasteiger partial charge on any atom is -0.381 e. The van der Waals surface area contributed by atoms with Crippen molar-refractivity contribution in [2.75, 3.05) is 29.9 Å². The molecule has 17 heavy (non-hydrogen) atoms. The normalized spacial score (nSPS) is 14.9. The number of nitrogens with two attached hydrogens (primary N) is 1. The Morgan fingerprint density at radius 2 is 2.24 bits per heavy atom. The smallest absolute Gasteiger partial charge is 0.240 e. The largest absolute Gasteiger partial charge is 0.381 e. The molecule has 3 N–H and O–H groups in total. The van der Waals surface area contributed by atoms with Gasteiger partial charge in [0.15, 0.2) is 5.82 Å². The molecular formula is C11H13F2N3O. The van der Waals surface area contributed by atoms with Crippen LogP contribution in [0.25, 0.3) is 0 Å². The summed E-state index contributed by atoms with van der Waals surface area (Å²) in [5.74, 6) is -1.75. The number of nitrogens with one attached hydrogen (secondary N) is 1. The van der Waals surface area contributed by atoms with E-state index in [2.05, 4.69) is 5.32 Å². The van der Waals surface area contributed by atoms with Gasteiger partial charge in [-0.25, -0.2) is 8.78 Å². The Balaban J connectivity index is 2.51. The molecule has 0 spiro atoms. The lowest BCUT2D eigenvalue weighted by Crippen LogP contribution is -2.36. The van der Waals surface area contributed by atoms with Gasteiger partial charge in [-0.3, -0.25) is 4.79 Å². The molecule has 0 saturated carbocycles. The number of hydrogen-bond acceptors (Lipinski definition) is 3. The first-order chi connectivity index (χ1) is 8.13. The highest BCUT2D eigenvalue weighted by Gasteiger charge is 2.23. The molecule has 1 aromatic rings. The molecule has 1 aliphatic rings. The fourth-order valence-electron chi connectivity index (χ4n) is 1.89. The maximum absolute atomic E-state index is 13.6. The van der Waals surface area contributed by atoms with Crippen LogP contribution in [0.4, 0.5) is 20.2 Å². The lowest BCUT2D eigenvalue weighted by molar-refractivity contribution is -0.117. The highest BCUT2D eigenvalue weighted by Crippen LogP contribution is 2.32. The van der Waals surface area contributed by atoms with Crippen molar-refractivity contribution in [1.29, 1.82) is 0 Å². The van der Waals surface area contributed by atoms with Gasteiger partial charge in [-0.1, -0.05) is 0 Å². The first-order valence-corrected chi connectivity index (χ1v) is 5.37. The molecular weight excluding hydrogens is 228 g/mol. The zero-order valence-corrected chi connectivity index (χ0v) is 9.17. The van der Waals surface area contributed by atoms with E-state index in [4.69, 9.17) is 5.73 Å². The van der Waals surface area contributed by atoms with Gasteiger partial charge in [0, 0.05) is 19.2 Å². The van der Waals surface area contributed by atoms with Crippen LogP contribution in [0.15, 0.2) is 12.1 Å². The number of rotatable bonds is 1. The van der Waals surface area contributed by atoms with Crippen molar-refractivity contribution in [2.24, 2.45) is 5.73 Å². The third-order valence-electron chi connectivity index (χ3n) is 2.66. The molecule has 0 unspecified atom stereocenters. The van der Waals surface area contributed by atoms with Crippen molar-refractivity contribution in [3.63, 3.8) is 0 Å². The molecule has 1 amide bonds. The fraction of sp³-hybridized carbons (Fsp3) is 0.364. The lowest BCUT2D eigenvalue weighted by Gasteiger charge is -2.22. The van der Waals surface area contributed by atoms with Crippen molar-refractivity contribution in [2.45, 2.75) is 6.42 Å². The Hall–Kier alpha value is -1.69. The van der Waals surface area contributed by atoms with Gasteiger partial charge < -0.3 is 16.0 Å². The Kier molecular flexibility index (Phi) is 3.23. The minimum absolute atomic E-state index is 0.158. The summed E-state index contributed by atoms with van der Waals surface area (Å²) in [5, 5.41) is 2.85. The second kappa shape index (κ2) is 4.67. The summed E-state index contributed by atoms with van der Waals surface area (Å²) in [4.78, 5) is 13.0. The number of benzene rings is 1. The number of hydrogen-bond donors (Lipinski definition) is 2. The van der Waals surface area contributed by atoms with Crippen molar-refractivity contribution in [3.8, 4) is 0 Å². The Morgan fingerprint density at radius 1 is 1.47 bits per heavy atom. The van der Waals surface area contributed by atoms with E-state index in [-0.39, 0.29) is 23.8 Å². The fourth-order valence-corrected chi connectivity index (χ4v) is 1.89. The molecule has 0 aliphatic carbocycles. The Morgan fingerprint density at radius 3 is 2.94 bits per heavy atom. The number of halogens is 2. The zero-order valence-electron chi connectivity index (χ0n) is 9.17. The van der Waals surface area contributed by atoms with Crippen LogP contribution < -0.4 is 16.0 Å². The van der Waals surface area contributed by atoms with Gasteiger partial charge in [-0.2, -0.15) is 0 Å². The molecule has 0 fully saturated rings. The number of anilines is 2. The van der Waals surface area contributed by atoms with E-state index in [0.717, 1.165) is 12.1 Å². The van der Waals surface area contributed by atoms with Crippen molar-refractivity contribution in [3.05, 3.63) is 23.8 Å². The van der Waals surface area contributed by atoms with E-state index in [9.17, 15) is 13.6 Å². The first kappa shape index (κ1) is 11.8. The van der Waals surface area contributed by atoms with E-state index < -0.39 is 11.6 Å². The van der Waals surface area contributed by atoms with Crippen molar-refractivity contribution in [1.82, 2.24) is 0 Å². The van der Waals surface area contributed by atoms with E-state index in [1.54, 1.807) is 0 Å². The van der Waals surface area contributed by atoms with Crippen LogP contribution in [-0.4, -0.2) is 25.5 Å². The summed E-state index contributed by atoms with van der Waals surface area (Å²) in [6.45, 7) is 0.750. The molecule has 1 aromatic carbocycles. The molecule has 0 atom stereocenters. The van der Waals surface area contributed by atoms with Crippen molar-refractivity contribution < 1.29 is 13.6 Å². The zero-order chi connectivity index (χ0) is 12.4. The molecule has 0 bridgehead atoms. The standard InChI is InChI=1S/C11H13F2N3O/c12-7-4-8(13)11-9(5-7)16(10(17)6-14)3-1-2-15-11/h4-5,15H,1-3,6,14H2. The summed E-state index contributed by atoms with van der Waals surface area (Å²) < 4.78 is 26.8. The lowest BCUT2D eigenvalue weighted by atomic mass is 10.2. The van der Waals surface area contributed by atoms with Crippen molar-refractivity contribution >= 4 is 17.3 Å². The van der Waals surface area contributed by atoms with E-state index in [1.165, 1.54) is 4.90 Å². The number of amides is 1. The molecule has 92 valence electrons. The van der Waals surface area contributed by atoms with Gasteiger partial charge in [-0.15, -0.1) is 0 Å². The van der Waals surface area contributed by atoms with Gasteiger partial charge in [-0.05, 0) is 12.5 Å². The first-order valence-electron chi connectivity index (χ1n) is 5.37. The van der Waals surface area contributed by atoms with Crippen LogP contribution in [0.5, 0.6) is 0 Å². The highest BCUT2D eigenvalue weighted by molar-refractivity contribution is 5.98. The van der Waals surface area contributed by atoms with Gasteiger partial charge in [0.25, 0.3) is 0 Å². The number of nitrogens with zero attached hydrogens (tertiary/aromatic N) is 1. The van der Waals surface area contributed by atoms with E-state index in [1.807, 2.05) is 0 Å². The molecule has 6 heteroatoms. The van der Waals surface area contributed by atoms with E-state index >= 15 is 0 Å². The van der Waals surface area contributed by atoms with Crippen LogP contribution in [0, 0.1) is 11.6 Å². The molecule has 0 radical (unpaired) electrons. The monoisotopic (exact) mass is 241 g/mol.